The summed E-state index contributed by atoms with van der Waals surface area (Å²) in [5.41, 5.74) is 2.43. The van der Waals surface area contributed by atoms with Gasteiger partial charge in [-0.25, -0.2) is 14.2 Å². The number of hydrogen-bond donors (Lipinski definition) is 0. The van der Waals surface area contributed by atoms with Gasteiger partial charge in [0, 0.05) is 45.1 Å². The van der Waals surface area contributed by atoms with E-state index in [4.69, 9.17) is 35.5 Å². The molecule has 2 saturated heterocycles. The fourth-order valence-corrected chi connectivity index (χ4v) is 7.09. The van der Waals surface area contributed by atoms with Crippen molar-refractivity contribution < 1.29 is 28.1 Å². The van der Waals surface area contributed by atoms with Crippen molar-refractivity contribution >= 4 is 34.3 Å². The fourth-order valence-electron chi connectivity index (χ4n) is 6.98. The summed E-state index contributed by atoms with van der Waals surface area (Å²) in [5.74, 6) is -0.280. The van der Waals surface area contributed by atoms with Crippen LogP contribution in [0.4, 0.5) is 10.1 Å². The molecule has 248 valence electrons. The van der Waals surface area contributed by atoms with Gasteiger partial charge in [-0.3, -0.25) is 14.6 Å². The van der Waals surface area contributed by atoms with E-state index in [1.807, 2.05) is 46.6 Å². The summed E-state index contributed by atoms with van der Waals surface area (Å²) in [6.45, 7) is 5.80. The standard InChI is InChI=1S/C34H33ClFN7O5/c1-34(29-8-7-22(35)17-37-29)47-28-6-3-5-24(32(28)48-34)42-13-11-40(26-19-46-20-27(26)42)18-30-39-31-23(36)15-21(33(44)45-2)16-25(31)43(30)14-12-41-10-4-9-38-41/h3-10,15-17,26-27H,11-14,18-20H2,1-2H3/t26-,27+,34-/m0/s1. The van der Waals surface area contributed by atoms with E-state index in [-0.39, 0.29) is 23.2 Å². The number of benzene rings is 2. The summed E-state index contributed by atoms with van der Waals surface area (Å²) < 4.78 is 43.0. The van der Waals surface area contributed by atoms with Crippen molar-refractivity contribution in [1.82, 2.24) is 29.2 Å². The van der Waals surface area contributed by atoms with Gasteiger partial charge in [-0.1, -0.05) is 17.7 Å². The summed E-state index contributed by atoms with van der Waals surface area (Å²) in [7, 11) is 1.28. The van der Waals surface area contributed by atoms with Crippen LogP contribution in [0.25, 0.3) is 11.0 Å². The molecule has 5 aromatic rings. The number of fused-ring (bicyclic) bond motifs is 3. The topological polar surface area (TPSA) is 109 Å². The Balaban J connectivity index is 1.08. The smallest absolute Gasteiger partial charge is 0.338 e. The number of methoxy groups -OCH3 is 1. The van der Waals surface area contributed by atoms with Crippen molar-refractivity contribution in [3.05, 3.63) is 95.0 Å². The van der Waals surface area contributed by atoms with Gasteiger partial charge in [-0.2, -0.15) is 5.10 Å². The second-order valence-electron chi connectivity index (χ2n) is 12.2. The molecule has 8 rings (SSSR count). The number of hydrogen-bond acceptors (Lipinski definition) is 10. The zero-order chi connectivity index (χ0) is 33.0. The summed E-state index contributed by atoms with van der Waals surface area (Å²) in [5, 5.41) is 4.86. The Bertz CT molecular complexity index is 1990. The molecule has 14 heteroatoms. The molecule has 0 aliphatic carbocycles. The molecule has 0 radical (unpaired) electrons. The zero-order valence-electron chi connectivity index (χ0n) is 26.4. The van der Waals surface area contributed by atoms with E-state index in [1.165, 1.54) is 13.2 Å². The van der Waals surface area contributed by atoms with Crippen molar-refractivity contribution in [2.75, 3.05) is 38.3 Å². The molecule has 0 N–H and O–H groups in total. The molecule has 3 aliphatic heterocycles. The Hall–Kier alpha value is -4.72. The van der Waals surface area contributed by atoms with Crippen LogP contribution >= 0.6 is 11.6 Å². The van der Waals surface area contributed by atoms with Crippen molar-refractivity contribution in [3.63, 3.8) is 0 Å². The number of anilines is 1. The van der Waals surface area contributed by atoms with Gasteiger partial charge in [0.2, 0.25) is 0 Å². The summed E-state index contributed by atoms with van der Waals surface area (Å²) in [4.78, 5) is 26.3. The lowest BCUT2D eigenvalue weighted by Gasteiger charge is -2.44. The van der Waals surface area contributed by atoms with Crippen LogP contribution in [0.5, 0.6) is 11.5 Å². The number of carbonyl (C=O) groups is 1. The largest absolute Gasteiger partial charge is 0.465 e. The second-order valence-corrected chi connectivity index (χ2v) is 12.7. The van der Waals surface area contributed by atoms with Crippen molar-refractivity contribution in [2.45, 2.75) is 44.4 Å². The Morgan fingerprint density at radius 1 is 1.10 bits per heavy atom. The van der Waals surface area contributed by atoms with Gasteiger partial charge < -0.3 is 28.4 Å². The van der Waals surface area contributed by atoms with E-state index in [0.29, 0.717) is 79.5 Å². The van der Waals surface area contributed by atoms with Gasteiger partial charge in [-0.15, -0.1) is 0 Å². The van der Waals surface area contributed by atoms with Crippen LogP contribution in [0.1, 0.15) is 28.8 Å². The molecule has 0 saturated carbocycles. The third-order valence-corrected chi connectivity index (χ3v) is 9.57. The maximum Gasteiger partial charge on any atom is 0.338 e. The van der Waals surface area contributed by atoms with E-state index in [9.17, 15) is 4.79 Å². The first-order chi connectivity index (χ1) is 23.3. The highest BCUT2D eigenvalue weighted by atomic mass is 35.5. The highest BCUT2D eigenvalue weighted by molar-refractivity contribution is 6.30. The number of nitrogens with zero attached hydrogens (tertiary/aromatic N) is 7. The van der Waals surface area contributed by atoms with E-state index in [2.05, 4.69) is 19.9 Å². The third-order valence-electron chi connectivity index (χ3n) is 9.34. The first-order valence-corrected chi connectivity index (χ1v) is 16.1. The Morgan fingerprint density at radius 2 is 1.98 bits per heavy atom. The van der Waals surface area contributed by atoms with Crippen LogP contribution in [0.15, 0.2) is 67.1 Å². The highest BCUT2D eigenvalue weighted by Crippen LogP contribution is 2.50. The van der Waals surface area contributed by atoms with Crippen molar-refractivity contribution in [3.8, 4) is 11.5 Å². The van der Waals surface area contributed by atoms with E-state index >= 15 is 4.39 Å². The normalized spacial score (nSPS) is 22.0. The number of esters is 1. The molecule has 0 amide bonds. The lowest BCUT2D eigenvalue weighted by molar-refractivity contribution is -0.0716. The predicted octanol–water partition coefficient (Wildman–Crippen LogP) is 4.64. The minimum absolute atomic E-state index is 0.0268. The monoisotopic (exact) mass is 673 g/mol. The minimum atomic E-state index is -1.10. The van der Waals surface area contributed by atoms with Gasteiger partial charge in [0.25, 0.3) is 5.79 Å². The average Bonchev–Trinajstić information content (AvgIpc) is 3.90. The van der Waals surface area contributed by atoms with Crippen LogP contribution in [-0.4, -0.2) is 80.7 Å². The quantitative estimate of drug-likeness (QED) is 0.216. The van der Waals surface area contributed by atoms with E-state index in [0.717, 1.165) is 5.69 Å². The number of carbonyl (C=O) groups excluding carboxylic acids is 1. The van der Waals surface area contributed by atoms with E-state index in [1.54, 1.807) is 30.6 Å². The number of ether oxygens (including phenoxy) is 4. The fraction of sp³-hybridized carbons (Fsp3) is 0.353. The van der Waals surface area contributed by atoms with Crippen molar-refractivity contribution in [2.24, 2.45) is 0 Å². The molecule has 0 spiro atoms. The van der Waals surface area contributed by atoms with Crippen LogP contribution in [0, 0.1) is 5.82 Å². The first kappa shape index (κ1) is 30.6. The number of aromatic nitrogens is 5. The molecule has 3 atom stereocenters. The number of imidazole rings is 1. The number of pyridine rings is 1. The number of para-hydroxylation sites is 1. The molecular weight excluding hydrogens is 641 g/mol. The molecule has 0 unspecified atom stereocenters. The first-order valence-electron chi connectivity index (χ1n) is 15.8. The Labute approximate surface area is 280 Å². The predicted molar refractivity (Wildman–Crippen MR) is 174 cm³/mol. The number of halogens is 2. The zero-order valence-corrected chi connectivity index (χ0v) is 27.1. The molecule has 12 nitrogen and oxygen atoms in total. The second kappa shape index (κ2) is 12.1. The summed E-state index contributed by atoms with van der Waals surface area (Å²) in [6, 6.07) is 14.2. The number of rotatable bonds is 8. The van der Waals surface area contributed by atoms with Crippen LogP contribution < -0.4 is 14.4 Å². The highest BCUT2D eigenvalue weighted by Gasteiger charge is 2.46. The van der Waals surface area contributed by atoms with Gasteiger partial charge in [0.1, 0.15) is 17.0 Å². The molecule has 6 heterocycles. The summed E-state index contributed by atoms with van der Waals surface area (Å²) in [6.07, 6.45) is 5.18. The maximum atomic E-state index is 15.4. The number of piperazine rings is 1. The molecule has 3 aromatic heterocycles. The molecular formula is C34H33ClFN7O5. The van der Waals surface area contributed by atoms with Crippen LogP contribution in [0.2, 0.25) is 5.02 Å². The molecule has 2 aromatic carbocycles. The van der Waals surface area contributed by atoms with Gasteiger partial charge in [-0.05, 0) is 42.5 Å². The van der Waals surface area contributed by atoms with Gasteiger partial charge in [0.05, 0.1) is 67.3 Å². The van der Waals surface area contributed by atoms with Gasteiger partial charge >= 0.3 is 5.97 Å². The van der Waals surface area contributed by atoms with Crippen LogP contribution in [0.3, 0.4) is 0 Å². The number of aryl methyl sites for hydroxylation is 2. The Kier molecular flexibility index (Phi) is 7.69. The molecule has 48 heavy (non-hydrogen) atoms. The van der Waals surface area contributed by atoms with Crippen molar-refractivity contribution in [1.29, 1.82) is 0 Å². The summed E-state index contributed by atoms with van der Waals surface area (Å²) >= 11 is 6.08. The maximum absolute atomic E-state index is 15.4. The molecule has 3 aliphatic rings. The minimum Gasteiger partial charge on any atom is -0.465 e. The van der Waals surface area contributed by atoms with Gasteiger partial charge in [0.15, 0.2) is 17.3 Å². The Morgan fingerprint density at radius 3 is 2.77 bits per heavy atom. The van der Waals surface area contributed by atoms with Crippen LogP contribution in [-0.2, 0) is 34.9 Å². The molecule has 2 fully saturated rings. The lowest BCUT2D eigenvalue weighted by Crippen LogP contribution is -2.59. The third kappa shape index (κ3) is 5.31. The molecule has 0 bridgehead atoms. The average molecular weight is 674 g/mol. The SMILES string of the molecule is COC(=O)c1cc(F)c2nc(CN3CCN(c4cccc5c4O[C@@](C)(c4ccc(Cl)cn4)O5)[C@@H]4COC[C@@H]43)n(CCn3cccn3)c2c1. The van der Waals surface area contributed by atoms with E-state index < -0.39 is 17.6 Å². The lowest BCUT2D eigenvalue weighted by atomic mass is 10.0.